The highest BCUT2D eigenvalue weighted by atomic mass is 32.2. The van der Waals surface area contributed by atoms with Crippen LogP contribution in [0.25, 0.3) is 16.7 Å². The van der Waals surface area contributed by atoms with Crippen LogP contribution >= 0.6 is 11.8 Å². The molecule has 0 spiro atoms. The van der Waals surface area contributed by atoms with Gasteiger partial charge in [-0.15, -0.1) is 11.8 Å². The molecule has 38 heavy (non-hydrogen) atoms. The van der Waals surface area contributed by atoms with E-state index < -0.39 is 32.6 Å². The molecule has 2 aromatic heterocycles. The van der Waals surface area contributed by atoms with Gasteiger partial charge in [0.1, 0.15) is 16.9 Å². The Balaban J connectivity index is 1.84. The van der Waals surface area contributed by atoms with Gasteiger partial charge in [0, 0.05) is 24.1 Å². The summed E-state index contributed by atoms with van der Waals surface area (Å²) < 4.78 is 44.3. The molecule has 1 saturated carbocycles. The summed E-state index contributed by atoms with van der Waals surface area (Å²) in [5.74, 6) is -0.568. The van der Waals surface area contributed by atoms with E-state index >= 15 is 0 Å². The average Bonchev–Trinajstić information content (AvgIpc) is 3.67. The van der Waals surface area contributed by atoms with Crippen molar-refractivity contribution in [1.82, 2.24) is 13.7 Å². The highest BCUT2D eigenvalue weighted by Gasteiger charge is 2.31. The Morgan fingerprint density at radius 3 is 2.39 bits per heavy atom. The quantitative estimate of drug-likeness (QED) is 0.335. The van der Waals surface area contributed by atoms with Gasteiger partial charge in [-0.25, -0.2) is 22.2 Å². The minimum atomic E-state index is -3.61. The van der Waals surface area contributed by atoms with Crippen molar-refractivity contribution in [2.24, 2.45) is 7.05 Å². The molecule has 10 nitrogen and oxygen atoms in total. The molecule has 5 rings (SSSR count). The maximum atomic E-state index is 14.9. The van der Waals surface area contributed by atoms with E-state index in [1.807, 2.05) is 6.26 Å². The third-order valence-electron chi connectivity index (χ3n) is 6.22. The largest absolute Gasteiger partial charge is 0.352 e. The topological polar surface area (TPSA) is 124 Å². The second kappa shape index (κ2) is 9.48. The first-order valence-electron chi connectivity index (χ1n) is 11.6. The second-order valence-corrected chi connectivity index (χ2v) is 11.7. The van der Waals surface area contributed by atoms with Crippen LogP contribution in [0.5, 0.6) is 0 Å². The lowest BCUT2D eigenvalue weighted by molar-refractivity contribution is 0.607. The molecule has 0 saturated heterocycles. The van der Waals surface area contributed by atoms with Crippen LogP contribution in [-0.2, 0) is 17.1 Å². The van der Waals surface area contributed by atoms with Gasteiger partial charge >= 0.3 is 5.69 Å². The number of nitrogens with one attached hydrogen (secondary N) is 2. The lowest BCUT2D eigenvalue weighted by Gasteiger charge is -2.19. The van der Waals surface area contributed by atoms with Gasteiger partial charge in [-0.2, -0.15) is 0 Å². The first-order chi connectivity index (χ1) is 18.0. The molecule has 0 aliphatic heterocycles. The first kappa shape index (κ1) is 25.8. The number of halogens is 1. The standard InChI is InChI=1S/C25H24FN5O5S2/c1-29-21(32)13-20(27-19-10-9-17(37-2)12-18(19)26)22-23(29)30(25(34)31(24(22)33)15-7-8-15)16-6-4-5-14(11-16)28-38(3,35)36/h4-6,9-13,15,27-28H,7-8H2,1-3H3. The van der Waals surface area contributed by atoms with Crippen molar-refractivity contribution in [3.05, 3.63) is 85.5 Å². The van der Waals surface area contributed by atoms with Crippen LogP contribution < -0.4 is 26.8 Å². The van der Waals surface area contributed by atoms with Crippen LogP contribution in [0.4, 0.5) is 21.5 Å². The van der Waals surface area contributed by atoms with Gasteiger partial charge in [0.15, 0.2) is 0 Å². The third-order valence-corrected chi connectivity index (χ3v) is 7.55. The van der Waals surface area contributed by atoms with Crippen molar-refractivity contribution >= 4 is 49.9 Å². The molecular weight excluding hydrogens is 533 g/mol. The first-order valence-corrected chi connectivity index (χ1v) is 14.7. The lowest BCUT2D eigenvalue weighted by Crippen LogP contribution is -2.41. The van der Waals surface area contributed by atoms with E-state index in [2.05, 4.69) is 10.0 Å². The molecule has 13 heteroatoms. The molecule has 1 fully saturated rings. The van der Waals surface area contributed by atoms with Gasteiger partial charge in [0.05, 0.1) is 29.0 Å². The van der Waals surface area contributed by atoms with Crippen molar-refractivity contribution in [2.75, 3.05) is 22.6 Å². The molecule has 0 bridgehead atoms. The predicted octanol–water partition coefficient (Wildman–Crippen LogP) is 3.16. The maximum absolute atomic E-state index is 14.9. The van der Waals surface area contributed by atoms with E-state index in [-0.39, 0.29) is 39.8 Å². The number of aryl methyl sites for hydroxylation is 1. The summed E-state index contributed by atoms with van der Waals surface area (Å²) in [4.78, 5) is 41.2. The minimum absolute atomic E-state index is 0.00968. The number of benzene rings is 2. The molecule has 0 radical (unpaired) electrons. The van der Waals surface area contributed by atoms with E-state index in [1.165, 1.54) is 58.3 Å². The van der Waals surface area contributed by atoms with E-state index in [0.717, 1.165) is 10.8 Å². The minimum Gasteiger partial charge on any atom is -0.352 e. The van der Waals surface area contributed by atoms with Crippen molar-refractivity contribution in [3.63, 3.8) is 0 Å². The van der Waals surface area contributed by atoms with Crippen molar-refractivity contribution in [1.29, 1.82) is 0 Å². The Bertz CT molecular complexity index is 1890. The Hall–Kier alpha value is -3.84. The molecule has 4 aromatic rings. The number of nitrogens with zero attached hydrogens (tertiary/aromatic N) is 3. The summed E-state index contributed by atoms with van der Waals surface area (Å²) in [7, 11) is -2.18. The van der Waals surface area contributed by atoms with Gasteiger partial charge in [0.25, 0.3) is 11.1 Å². The van der Waals surface area contributed by atoms with E-state index in [0.29, 0.717) is 17.7 Å². The van der Waals surface area contributed by atoms with Crippen molar-refractivity contribution < 1.29 is 12.8 Å². The van der Waals surface area contributed by atoms with Crippen LogP contribution in [-0.4, -0.2) is 34.6 Å². The molecule has 2 aromatic carbocycles. The Kier molecular flexibility index (Phi) is 6.43. The average molecular weight is 558 g/mol. The number of sulfonamides is 1. The summed E-state index contributed by atoms with van der Waals surface area (Å²) >= 11 is 1.37. The monoisotopic (exact) mass is 557 g/mol. The third kappa shape index (κ3) is 4.74. The smallest absolute Gasteiger partial charge is 0.337 e. The number of hydrogen-bond donors (Lipinski definition) is 2. The number of rotatable bonds is 7. The van der Waals surface area contributed by atoms with Gasteiger partial charge < -0.3 is 5.32 Å². The molecule has 2 heterocycles. The summed E-state index contributed by atoms with van der Waals surface area (Å²) in [5, 5.41) is 2.91. The number of aromatic nitrogens is 3. The molecular formula is C25H24FN5O5S2. The van der Waals surface area contributed by atoms with Gasteiger partial charge in [0.2, 0.25) is 10.0 Å². The van der Waals surface area contributed by atoms with E-state index in [1.54, 1.807) is 18.2 Å². The summed E-state index contributed by atoms with van der Waals surface area (Å²) in [5.41, 5.74) is -1.26. The Morgan fingerprint density at radius 2 is 1.76 bits per heavy atom. The van der Waals surface area contributed by atoms with E-state index in [4.69, 9.17) is 0 Å². The van der Waals surface area contributed by atoms with Crippen LogP contribution in [0.3, 0.4) is 0 Å². The molecule has 198 valence electrons. The fourth-order valence-electron chi connectivity index (χ4n) is 4.34. The lowest BCUT2D eigenvalue weighted by atomic mass is 10.2. The number of pyridine rings is 1. The maximum Gasteiger partial charge on any atom is 0.337 e. The van der Waals surface area contributed by atoms with E-state index in [9.17, 15) is 27.2 Å². The zero-order chi connectivity index (χ0) is 27.4. The highest BCUT2D eigenvalue weighted by molar-refractivity contribution is 7.98. The van der Waals surface area contributed by atoms with Crippen LogP contribution in [0.2, 0.25) is 0 Å². The fourth-order valence-corrected chi connectivity index (χ4v) is 5.32. The van der Waals surface area contributed by atoms with Crippen molar-refractivity contribution in [3.8, 4) is 5.69 Å². The molecule has 2 N–H and O–H groups in total. The van der Waals surface area contributed by atoms with Crippen LogP contribution in [0.15, 0.2) is 67.8 Å². The number of anilines is 3. The fraction of sp³-hybridized carbons (Fsp3) is 0.240. The predicted molar refractivity (Wildman–Crippen MR) is 147 cm³/mol. The summed E-state index contributed by atoms with van der Waals surface area (Å²) in [6.45, 7) is 0. The molecule has 0 atom stereocenters. The van der Waals surface area contributed by atoms with Gasteiger partial charge in [-0.05, 0) is 55.5 Å². The van der Waals surface area contributed by atoms with Crippen LogP contribution in [0, 0.1) is 5.82 Å². The zero-order valence-electron chi connectivity index (χ0n) is 20.7. The van der Waals surface area contributed by atoms with Crippen molar-refractivity contribution in [2.45, 2.75) is 23.8 Å². The molecule has 0 amide bonds. The number of fused-ring (bicyclic) bond motifs is 1. The van der Waals surface area contributed by atoms with Crippen LogP contribution in [0.1, 0.15) is 18.9 Å². The Labute approximate surface area is 220 Å². The normalized spacial score (nSPS) is 13.6. The summed E-state index contributed by atoms with van der Waals surface area (Å²) in [6, 6.07) is 11.5. The Morgan fingerprint density at radius 1 is 1.03 bits per heavy atom. The number of hydrogen-bond acceptors (Lipinski definition) is 7. The second-order valence-electron chi connectivity index (χ2n) is 9.07. The SMILES string of the molecule is CSc1ccc(Nc2cc(=O)n(C)c3c2c(=O)n(C2CC2)c(=O)n3-c2cccc(NS(C)(=O)=O)c2)c(F)c1. The highest BCUT2D eigenvalue weighted by Crippen LogP contribution is 2.34. The van der Waals surface area contributed by atoms with Gasteiger partial charge in [-0.3, -0.25) is 23.4 Å². The molecule has 1 aliphatic carbocycles. The zero-order valence-corrected chi connectivity index (χ0v) is 22.3. The summed E-state index contributed by atoms with van der Waals surface area (Å²) in [6.07, 6.45) is 4.09. The molecule has 0 unspecified atom stereocenters. The van der Waals surface area contributed by atoms with Gasteiger partial charge in [-0.1, -0.05) is 6.07 Å². The molecule has 1 aliphatic rings. The number of thioether (sulfide) groups is 1.